The molecule has 0 unspecified atom stereocenters. The van der Waals surface area contributed by atoms with Crippen LogP contribution in [0, 0.1) is 6.92 Å². The molecule has 8 heteroatoms. The maximum atomic E-state index is 12.8. The van der Waals surface area contributed by atoms with Gasteiger partial charge in [0.05, 0.1) is 5.69 Å². The average molecular weight is 375 g/mol. The number of carbonyl (C=O) groups is 2. The first-order valence-electron chi connectivity index (χ1n) is 8.28. The molecule has 1 aliphatic heterocycles. The molecule has 0 N–H and O–H groups in total. The molecule has 0 atom stereocenters. The van der Waals surface area contributed by atoms with Crippen LogP contribution in [0.15, 0.2) is 35.1 Å². The highest BCUT2D eigenvalue weighted by Crippen LogP contribution is 2.14. The van der Waals surface area contributed by atoms with E-state index in [0.29, 0.717) is 42.6 Å². The molecule has 1 aromatic carbocycles. The van der Waals surface area contributed by atoms with E-state index < -0.39 is 11.3 Å². The van der Waals surface area contributed by atoms with Gasteiger partial charge in [-0.05, 0) is 31.2 Å². The van der Waals surface area contributed by atoms with Crippen molar-refractivity contribution in [2.24, 2.45) is 0 Å². The van der Waals surface area contributed by atoms with Crippen LogP contribution >= 0.6 is 11.6 Å². The van der Waals surface area contributed by atoms with Gasteiger partial charge in [0.25, 0.3) is 5.91 Å². The minimum absolute atomic E-state index is 0.0179. The van der Waals surface area contributed by atoms with Crippen LogP contribution in [-0.4, -0.2) is 57.6 Å². The van der Waals surface area contributed by atoms with E-state index in [1.807, 2.05) is 0 Å². The molecule has 0 radical (unpaired) electrons. The Morgan fingerprint density at radius 2 is 1.62 bits per heavy atom. The monoisotopic (exact) mass is 374 g/mol. The van der Waals surface area contributed by atoms with E-state index >= 15 is 0 Å². The molecule has 0 bridgehead atoms. The van der Waals surface area contributed by atoms with Gasteiger partial charge in [0.15, 0.2) is 5.69 Å². The summed E-state index contributed by atoms with van der Waals surface area (Å²) in [6.45, 7) is 4.94. The Labute approximate surface area is 155 Å². The van der Waals surface area contributed by atoms with E-state index in [-0.39, 0.29) is 11.6 Å². The molecular weight excluding hydrogens is 356 g/mol. The lowest BCUT2D eigenvalue weighted by Crippen LogP contribution is -2.51. The van der Waals surface area contributed by atoms with Crippen LogP contribution < -0.4 is 5.43 Å². The van der Waals surface area contributed by atoms with E-state index in [1.165, 1.54) is 13.0 Å². The second-order valence-corrected chi connectivity index (χ2v) is 6.62. The number of aryl methyl sites for hydroxylation is 1. The zero-order valence-electron chi connectivity index (χ0n) is 14.6. The molecule has 1 aromatic heterocycles. The van der Waals surface area contributed by atoms with Gasteiger partial charge in [-0.15, -0.1) is 0 Å². The topological polar surface area (TPSA) is 75.5 Å². The molecule has 2 amide bonds. The molecule has 26 heavy (non-hydrogen) atoms. The van der Waals surface area contributed by atoms with E-state index in [0.717, 1.165) is 0 Å². The van der Waals surface area contributed by atoms with Gasteiger partial charge >= 0.3 is 0 Å². The number of nitrogens with zero attached hydrogens (tertiary/aromatic N) is 4. The SMILES string of the molecule is CC(=O)N1CCN(C(=O)c2nn(-c3ccc(Cl)cc3)c(C)cc2=O)CC1. The fraction of sp³-hybridized carbons (Fsp3) is 0.333. The number of amides is 2. The molecule has 136 valence electrons. The number of benzene rings is 1. The molecular formula is C18H19ClN4O3. The largest absolute Gasteiger partial charge is 0.339 e. The minimum Gasteiger partial charge on any atom is -0.339 e. The zero-order chi connectivity index (χ0) is 18.8. The second-order valence-electron chi connectivity index (χ2n) is 6.19. The number of hydrogen-bond donors (Lipinski definition) is 0. The molecule has 1 aliphatic rings. The van der Waals surface area contributed by atoms with Gasteiger partial charge in [0, 0.05) is 49.9 Å². The summed E-state index contributed by atoms with van der Waals surface area (Å²) < 4.78 is 1.55. The Kier molecular flexibility index (Phi) is 5.08. The van der Waals surface area contributed by atoms with Crippen molar-refractivity contribution in [1.82, 2.24) is 19.6 Å². The van der Waals surface area contributed by atoms with Crippen LogP contribution in [0.25, 0.3) is 5.69 Å². The molecule has 0 aliphatic carbocycles. The van der Waals surface area contributed by atoms with Crippen molar-refractivity contribution in [2.45, 2.75) is 13.8 Å². The normalized spacial score (nSPS) is 14.4. The maximum absolute atomic E-state index is 12.8. The van der Waals surface area contributed by atoms with Crippen molar-refractivity contribution in [2.75, 3.05) is 26.2 Å². The number of halogens is 1. The molecule has 7 nitrogen and oxygen atoms in total. The summed E-state index contributed by atoms with van der Waals surface area (Å²) in [5, 5.41) is 4.88. The summed E-state index contributed by atoms with van der Waals surface area (Å²) in [4.78, 5) is 39.7. The Balaban J connectivity index is 1.89. The summed E-state index contributed by atoms with van der Waals surface area (Å²) in [5.74, 6) is -0.434. The molecule has 1 saturated heterocycles. The van der Waals surface area contributed by atoms with E-state index in [1.54, 1.807) is 45.7 Å². The van der Waals surface area contributed by atoms with Crippen LogP contribution in [0.2, 0.25) is 5.02 Å². The predicted octanol–water partition coefficient (Wildman–Crippen LogP) is 1.50. The summed E-state index contributed by atoms with van der Waals surface area (Å²) in [5.41, 5.74) is 0.797. The highest BCUT2D eigenvalue weighted by molar-refractivity contribution is 6.30. The van der Waals surface area contributed by atoms with Gasteiger partial charge in [0.2, 0.25) is 11.3 Å². The standard InChI is InChI=1S/C18H19ClN4O3/c1-12-11-16(25)17(20-23(12)15-5-3-14(19)4-6-15)18(26)22-9-7-21(8-10-22)13(2)24/h3-6,11H,7-10H2,1-2H3. The van der Waals surface area contributed by atoms with Gasteiger partial charge in [-0.1, -0.05) is 11.6 Å². The van der Waals surface area contributed by atoms with Gasteiger partial charge < -0.3 is 9.80 Å². The van der Waals surface area contributed by atoms with Gasteiger partial charge in [0.1, 0.15) is 0 Å². The number of rotatable bonds is 2. The lowest BCUT2D eigenvalue weighted by Gasteiger charge is -2.33. The Hall–Kier alpha value is -2.67. The molecule has 1 fully saturated rings. The fourth-order valence-corrected chi connectivity index (χ4v) is 3.04. The molecule has 2 heterocycles. The van der Waals surface area contributed by atoms with E-state index in [9.17, 15) is 14.4 Å². The number of piperazine rings is 1. The number of hydrogen-bond acceptors (Lipinski definition) is 4. The third kappa shape index (κ3) is 3.62. The molecule has 2 aromatic rings. The first-order valence-corrected chi connectivity index (χ1v) is 8.66. The predicted molar refractivity (Wildman–Crippen MR) is 97.7 cm³/mol. The van der Waals surface area contributed by atoms with Gasteiger partial charge in [-0.25, -0.2) is 4.68 Å². The smallest absolute Gasteiger partial charge is 0.278 e. The van der Waals surface area contributed by atoms with Crippen LogP contribution in [-0.2, 0) is 4.79 Å². The maximum Gasteiger partial charge on any atom is 0.278 e. The number of carbonyl (C=O) groups excluding carboxylic acids is 2. The van der Waals surface area contributed by atoms with Gasteiger partial charge in [-0.3, -0.25) is 14.4 Å². The van der Waals surface area contributed by atoms with Gasteiger partial charge in [-0.2, -0.15) is 5.10 Å². The highest BCUT2D eigenvalue weighted by atomic mass is 35.5. The summed E-state index contributed by atoms with van der Waals surface area (Å²) in [6.07, 6.45) is 0. The zero-order valence-corrected chi connectivity index (χ0v) is 15.4. The fourth-order valence-electron chi connectivity index (χ4n) is 2.91. The third-order valence-electron chi connectivity index (χ3n) is 4.39. The molecule has 0 saturated carbocycles. The highest BCUT2D eigenvalue weighted by Gasteiger charge is 2.26. The first kappa shape index (κ1) is 18.1. The lowest BCUT2D eigenvalue weighted by molar-refractivity contribution is -0.130. The van der Waals surface area contributed by atoms with E-state index in [2.05, 4.69) is 5.10 Å². The summed E-state index contributed by atoms with van der Waals surface area (Å²) >= 11 is 5.91. The van der Waals surface area contributed by atoms with Crippen LogP contribution in [0.1, 0.15) is 23.1 Å². The Morgan fingerprint density at radius 1 is 1.04 bits per heavy atom. The summed E-state index contributed by atoms with van der Waals surface area (Å²) in [7, 11) is 0. The molecule has 3 rings (SSSR count). The van der Waals surface area contributed by atoms with Crippen molar-refractivity contribution < 1.29 is 9.59 Å². The van der Waals surface area contributed by atoms with Crippen molar-refractivity contribution in [3.8, 4) is 5.69 Å². The average Bonchev–Trinajstić information content (AvgIpc) is 2.62. The van der Waals surface area contributed by atoms with Crippen molar-refractivity contribution in [3.05, 3.63) is 57.0 Å². The van der Waals surface area contributed by atoms with Crippen molar-refractivity contribution in [3.63, 3.8) is 0 Å². The lowest BCUT2D eigenvalue weighted by atomic mass is 10.2. The second kappa shape index (κ2) is 7.29. The van der Waals surface area contributed by atoms with Crippen molar-refractivity contribution in [1.29, 1.82) is 0 Å². The van der Waals surface area contributed by atoms with Crippen LogP contribution in [0.3, 0.4) is 0 Å². The van der Waals surface area contributed by atoms with Crippen LogP contribution in [0.4, 0.5) is 0 Å². The van der Waals surface area contributed by atoms with Crippen molar-refractivity contribution >= 4 is 23.4 Å². The van der Waals surface area contributed by atoms with Crippen LogP contribution in [0.5, 0.6) is 0 Å². The van der Waals surface area contributed by atoms with E-state index in [4.69, 9.17) is 11.6 Å². The quantitative estimate of drug-likeness (QED) is 0.798. The Morgan fingerprint density at radius 3 is 2.19 bits per heavy atom. The third-order valence-corrected chi connectivity index (χ3v) is 4.65. The minimum atomic E-state index is -0.416. The first-order chi connectivity index (χ1) is 12.4. The molecule has 0 spiro atoms. The number of aromatic nitrogens is 2. The Bertz CT molecular complexity index is 900. The summed E-state index contributed by atoms with van der Waals surface area (Å²) in [6, 6.07) is 8.39.